The van der Waals surface area contributed by atoms with Crippen molar-refractivity contribution >= 4 is 5.69 Å². The number of ether oxygens (including phenoxy) is 2. The summed E-state index contributed by atoms with van der Waals surface area (Å²) in [5, 5.41) is 3.51. The molecule has 3 nitrogen and oxygen atoms in total. The summed E-state index contributed by atoms with van der Waals surface area (Å²) < 4.78 is 10.9. The first-order valence-corrected chi connectivity index (χ1v) is 7.28. The van der Waals surface area contributed by atoms with Crippen LogP contribution in [-0.2, 0) is 0 Å². The number of methoxy groups -OCH3 is 1. The Morgan fingerprint density at radius 2 is 1.95 bits per heavy atom. The van der Waals surface area contributed by atoms with Crippen LogP contribution in [0.5, 0.6) is 11.5 Å². The Morgan fingerprint density at radius 3 is 2.58 bits per heavy atom. The molecular formula is C16H27NO2. The molecule has 0 saturated carbocycles. The molecule has 0 saturated heterocycles. The molecule has 1 rings (SSSR count). The Labute approximate surface area is 117 Å². The van der Waals surface area contributed by atoms with Gasteiger partial charge in [0.25, 0.3) is 0 Å². The molecule has 0 bridgehead atoms. The molecule has 1 N–H and O–H groups in total. The average molecular weight is 265 g/mol. The molecule has 108 valence electrons. The molecule has 1 unspecified atom stereocenters. The van der Waals surface area contributed by atoms with Crippen LogP contribution < -0.4 is 14.8 Å². The van der Waals surface area contributed by atoms with Gasteiger partial charge in [0.05, 0.1) is 13.7 Å². The van der Waals surface area contributed by atoms with Crippen molar-refractivity contribution in [3.05, 3.63) is 18.2 Å². The fraction of sp³-hybridized carbons (Fsp3) is 0.625. The minimum Gasteiger partial charge on any atom is -0.493 e. The third-order valence-electron chi connectivity index (χ3n) is 3.12. The minimum absolute atomic E-state index is 0.481. The zero-order valence-corrected chi connectivity index (χ0v) is 12.7. The maximum atomic E-state index is 5.51. The van der Waals surface area contributed by atoms with E-state index in [4.69, 9.17) is 9.47 Å². The summed E-state index contributed by atoms with van der Waals surface area (Å²) in [6.45, 7) is 7.08. The van der Waals surface area contributed by atoms with E-state index in [2.05, 4.69) is 19.2 Å². The Hall–Kier alpha value is -1.38. The van der Waals surface area contributed by atoms with Crippen LogP contribution in [0.1, 0.15) is 46.5 Å². The maximum absolute atomic E-state index is 5.51. The summed E-state index contributed by atoms with van der Waals surface area (Å²) in [5.74, 6) is 1.58. The van der Waals surface area contributed by atoms with Gasteiger partial charge >= 0.3 is 0 Å². The normalized spacial score (nSPS) is 12.0. The average Bonchev–Trinajstić information content (AvgIpc) is 2.41. The summed E-state index contributed by atoms with van der Waals surface area (Å²) in [6.07, 6.45) is 5.05. The van der Waals surface area contributed by atoms with E-state index in [0.717, 1.165) is 17.2 Å². The van der Waals surface area contributed by atoms with Gasteiger partial charge in [-0.25, -0.2) is 0 Å². The van der Waals surface area contributed by atoms with Gasteiger partial charge in [-0.15, -0.1) is 0 Å². The van der Waals surface area contributed by atoms with Gasteiger partial charge in [-0.05, 0) is 32.4 Å². The number of unbranched alkanes of at least 4 members (excludes halogenated alkanes) is 2. The maximum Gasteiger partial charge on any atom is 0.162 e. The summed E-state index contributed by atoms with van der Waals surface area (Å²) in [5.41, 5.74) is 1.09. The predicted octanol–water partition coefficient (Wildman–Crippen LogP) is 4.47. The number of nitrogens with one attached hydrogen (secondary N) is 1. The fourth-order valence-corrected chi connectivity index (χ4v) is 2.09. The third kappa shape index (κ3) is 5.41. The van der Waals surface area contributed by atoms with E-state index in [9.17, 15) is 0 Å². The lowest BCUT2D eigenvalue weighted by Crippen LogP contribution is -2.14. The molecule has 0 aliphatic carbocycles. The van der Waals surface area contributed by atoms with E-state index in [-0.39, 0.29) is 0 Å². The number of hydrogen-bond acceptors (Lipinski definition) is 3. The van der Waals surface area contributed by atoms with E-state index in [0.29, 0.717) is 12.6 Å². The first kappa shape index (κ1) is 15.7. The standard InChI is InChI=1S/C16H27NO2/c1-5-7-8-9-13(3)17-14-10-11-15(19-6-2)16(12-14)18-4/h10-13,17H,5-9H2,1-4H3. The largest absolute Gasteiger partial charge is 0.493 e. The predicted molar refractivity (Wildman–Crippen MR) is 81.4 cm³/mol. The van der Waals surface area contributed by atoms with E-state index in [1.807, 2.05) is 25.1 Å². The molecule has 0 spiro atoms. The van der Waals surface area contributed by atoms with Crippen molar-refractivity contribution in [2.24, 2.45) is 0 Å². The van der Waals surface area contributed by atoms with Crippen molar-refractivity contribution in [2.45, 2.75) is 52.5 Å². The molecule has 0 aliphatic rings. The first-order valence-electron chi connectivity index (χ1n) is 7.28. The fourth-order valence-electron chi connectivity index (χ4n) is 2.09. The summed E-state index contributed by atoms with van der Waals surface area (Å²) in [7, 11) is 1.67. The van der Waals surface area contributed by atoms with Crippen LogP contribution >= 0.6 is 0 Å². The van der Waals surface area contributed by atoms with Crippen LogP contribution in [0.25, 0.3) is 0 Å². The number of benzene rings is 1. The third-order valence-corrected chi connectivity index (χ3v) is 3.12. The van der Waals surface area contributed by atoms with Crippen molar-refractivity contribution in [1.82, 2.24) is 0 Å². The number of hydrogen-bond donors (Lipinski definition) is 1. The lowest BCUT2D eigenvalue weighted by molar-refractivity contribution is 0.311. The topological polar surface area (TPSA) is 30.5 Å². The Morgan fingerprint density at radius 1 is 1.16 bits per heavy atom. The SMILES string of the molecule is CCCCCC(C)Nc1ccc(OCC)c(OC)c1. The molecule has 0 aliphatic heterocycles. The van der Waals surface area contributed by atoms with Crippen LogP contribution in [-0.4, -0.2) is 19.8 Å². The van der Waals surface area contributed by atoms with Gasteiger partial charge in [0.15, 0.2) is 11.5 Å². The monoisotopic (exact) mass is 265 g/mol. The van der Waals surface area contributed by atoms with Gasteiger partial charge in [-0.2, -0.15) is 0 Å². The lowest BCUT2D eigenvalue weighted by Gasteiger charge is -2.17. The van der Waals surface area contributed by atoms with Crippen molar-refractivity contribution in [3.63, 3.8) is 0 Å². The minimum atomic E-state index is 0.481. The quantitative estimate of drug-likeness (QED) is 0.668. The lowest BCUT2D eigenvalue weighted by atomic mass is 10.1. The van der Waals surface area contributed by atoms with E-state index < -0.39 is 0 Å². The van der Waals surface area contributed by atoms with Gasteiger partial charge < -0.3 is 14.8 Å². The number of rotatable bonds is 9. The second-order valence-corrected chi connectivity index (χ2v) is 4.84. The van der Waals surface area contributed by atoms with Gasteiger partial charge in [0, 0.05) is 17.8 Å². The molecule has 19 heavy (non-hydrogen) atoms. The molecule has 0 aromatic heterocycles. The molecule has 0 fully saturated rings. The highest BCUT2D eigenvalue weighted by Gasteiger charge is 2.07. The molecule has 1 aromatic rings. The van der Waals surface area contributed by atoms with E-state index >= 15 is 0 Å². The highest BCUT2D eigenvalue weighted by atomic mass is 16.5. The van der Waals surface area contributed by atoms with Gasteiger partial charge in [0.2, 0.25) is 0 Å². The van der Waals surface area contributed by atoms with Crippen molar-refractivity contribution in [3.8, 4) is 11.5 Å². The van der Waals surface area contributed by atoms with Gasteiger partial charge in [-0.1, -0.05) is 26.2 Å². The second-order valence-electron chi connectivity index (χ2n) is 4.84. The van der Waals surface area contributed by atoms with Crippen molar-refractivity contribution in [2.75, 3.05) is 19.0 Å². The molecule has 0 radical (unpaired) electrons. The molecule has 0 amide bonds. The zero-order chi connectivity index (χ0) is 14.1. The Balaban J connectivity index is 2.58. The van der Waals surface area contributed by atoms with Crippen LogP contribution in [0.15, 0.2) is 18.2 Å². The van der Waals surface area contributed by atoms with Crippen LogP contribution in [0.2, 0.25) is 0 Å². The summed E-state index contributed by atoms with van der Waals surface area (Å²) >= 11 is 0. The first-order chi connectivity index (χ1) is 9.21. The molecular weight excluding hydrogens is 238 g/mol. The molecule has 3 heteroatoms. The number of anilines is 1. The van der Waals surface area contributed by atoms with Crippen LogP contribution in [0, 0.1) is 0 Å². The molecule has 0 heterocycles. The van der Waals surface area contributed by atoms with Crippen LogP contribution in [0.4, 0.5) is 5.69 Å². The van der Waals surface area contributed by atoms with Gasteiger partial charge in [-0.3, -0.25) is 0 Å². The van der Waals surface area contributed by atoms with Crippen molar-refractivity contribution in [1.29, 1.82) is 0 Å². The molecule has 1 atom stereocenters. The van der Waals surface area contributed by atoms with Gasteiger partial charge in [0.1, 0.15) is 0 Å². The summed E-state index contributed by atoms with van der Waals surface area (Å²) in [6, 6.07) is 6.49. The highest BCUT2D eigenvalue weighted by Crippen LogP contribution is 2.30. The smallest absolute Gasteiger partial charge is 0.162 e. The van der Waals surface area contributed by atoms with Crippen LogP contribution in [0.3, 0.4) is 0 Å². The van der Waals surface area contributed by atoms with Crippen molar-refractivity contribution < 1.29 is 9.47 Å². The molecule has 1 aromatic carbocycles. The van der Waals surface area contributed by atoms with E-state index in [1.165, 1.54) is 25.7 Å². The Kier molecular flexibility index (Phi) is 7.16. The second kappa shape index (κ2) is 8.68. The summed E-state index contributed by atoms with van der Waals surface area (Å²) in [4.78, 5) is 0. The zero-order valence-electron chi connectivity index (χ0n) is 12.7. The Bertz CT molecular complexity index is 366. The highest BCUT2D eigenvalue weighted by molar-refractivity contribution is 5.55. The van der Waals surface area contributed by atoms with E-state index in [1.54, 1.807) is 7.11 Å².